The maximum Gasteiger partial charge on any atom is 0.420 e. The molecule has 4 heterocycles. The Kier molecular flexibility index (Phi) is 9.57. The Morgan fingerprint density at radius 2 is 1.64 bits per heavy atom. The number of para-hydroxylation sites is 1. The third-order valence-corrected chi connectivity index (χ3v) is 12.1. The van der Waals surface area contributed by atoms with E-state index in [1.165, 1.54) is 18.9 Å². The van der Waals surface area contributed by atoms with E-state index in [1.807, 2.05) is 29.2 Å². The van der Waals surface area contributed by atoms with Gasteiger partial charge in [-0.1, -0.05) is 29.8 Å². The maximum atomic E-state index is 14.0. The van der Waals surface area contributed by atoms with Gasteiger partial charge < -0.3 is 30.4 Å². The summed E-state index contributed by atoms with van der Waals surface area (Å²) in [6.45, 7) is 2.30. The van der Waals surface area contributed by atoms with E-state index in [0.29, 0.717) is 75.9 Å². The monoisotopic (exact) mass is 716 g/mol. The third-order valence-electron chi connectivity index (χ3n) is 11.8. The van der Waals surface area contributed by atoms with Crippen LogP contribution in [0.5, 0.6) is 5.75 Å². The predicted molar refractivity (Wildman–Crippen MR) is 182 cm³/mol. The number of benzene rings is 2. The van der Waals surface area contributed by atoms with Crippen molar-refractivity contribution in [3.05, 3.63) is 58.1 Å². The average Bonchev–Trinajstić information content (AvgIpc) is 3.51. The zero-order valence-corrected chi connectivity index (χ0v) is 28.8. The fourth-order valence-electron chi connectivity index (χ4n) is 8.82. The van der Waals surface area contributed by atoms with Gasteiger partial charge in [0.25, 0.3) is 0 Å². The summed E-state index contributed by atoms with van der Waals surface area (Å²) in [5.74, 6) is -0.246. The lowest BCUT2D eigenvalue weighted by Crippen LogP contribution is -2.57. The van der Waals surface area contributed by atoms with Crippen molar-refractivity contribution in [2.75, 3.05) is 45.1 Å². The number of urea groups is 2. The highest BCUT2D eigenvalue weighted by atomic mass is 35.5. The number of rotatable bonds is 6. The number of phenolic OH excluding ortho intramolecular Hbond substituents is 1. The number of fused-ring (bicyclic) bond motifs is 2. The molecule has 5 aliphatic rings. The first-order valence-corrected chi connectivity index (χ1v) is 18.1. The number of piperidine rings is 3. The molecule has 1 aliphatic carbocycles. The number of phenols is 1. The molecule has 3 atom stereocenters. The van der Waals surface area contributed by atoms with Crippen LogP contribution in [0.25, 0.3) is 0 Å². The Bertz CT molecular complexity index is 1620. The number of hydrogen-bond donors (Lipinski definition) is 3. The van der Waals surface area contributed by atoms with Gasteiger partial charge in [0.15, 0.2) is 0 Å². The summed E-state index contributed by atoms with van der Waals surface area (Å²) in [4.78, 5) is 48.3. The summed E-state index contributed by atoms with van der Waals surface area (Å²) in [6, 6.07) is 9.21. The van der Waals surface area contributed by atoms with Gasteiger partial charge in [-0.15, -0.1) is 0 Å². The molecule has 2 aromatic rings. The fraction of sp³-hybridized carbons (Fsp3) is 0.583. The van der Waals surface area contributed by atoms with Crippen molar-refractivity contribution < 1.29 is 32.7 Å². The van der Waals surface area contributed by atoms with E-state index in [1.54, 1.807) is 9.80 Å². The van der Waals surface area contributed by atoms with Gasteiger partial charge in [-0.3, -0.25) is 9.69 Å². The van der Waals surface area contributed by atoms with Crippen molar-refractivity contribution in [3.63, 3.8) is 0 Å². The van der Waals surface area contributed by atoms with Crippen LogP contribution in [0.4, 0.5) is 28.4 Å². The second-order valence-electron chi connectivity index (χ2n) is 14.6. The summed E-state index contributed by atoms with van der Waals surface area (Å²) in [5, 5.41) is 15.4. The molecule has 50 heavy (non-hydrogen) atoms. The molecule has 14 heteroatoms. The number of aromatic hydroxyl groups is 1. The number of hydrogen-bond acceptors (Lipinski definition) is 5. The number of anilines is 1. The highest BCUT2D eigenvalue weighted by molar-refractivity contribution is 6.32. The summed E-state index contributed by atoms with van der Waals surface area (Å²) in [6.07, 6.45) is 0.807. The molecular formula is C36H44ClF3N6O4. The maximum absolute atomic E-state index is 14.0. The molecule has 10 nitrogen and oxygen atoms in total. The van der Waals surface area contributed by atoms with Crippen LogP contribution in [0.2, 0.25) is 5.02 Å². The van der Waals surface area contributed by atoms with Crippen molar-refractivity contribution >= 4 is 35.3 Å². The van der Waals surface area contributed by atoms with Crippen molar-refractivity contribution in [2.24, 2.45) is 11.8 Å². The number of likely N-dealkylation sites (N-methyl/N-ethyl adjacent to an activating group) is 1. The first-order chi connectivity index (χ1) is 23.9. The number of nitrogens with one attached hydrogen (secondary N) is 2. The molecule has 0 bridgehead atoms. The molecule has 2 aromatic carbocycles. The van der Waals surface area contributed by atoms with Crippen LogP contribution < -0.4 is 10.6 Å². The Morgan fingerprint density at radius 3 is 2.32 bits per heavy atom. The van der Waals surface area contributed by atoms with E-state index in [4.69, 9.17) is 11.6 Å². The van der Waals surface area contributed by atoms with Crippen LogP contribution in [0.3, 0.4) is 0 Å². The molecular weight excluding hydrogens is 673 g/mol. The largest absolute Gasteiger partial charge is 0.506 e. The smallest absolute Gasteiger partial charge is 0.420 e. The second kappa shape index (κ2) is 13.8. The number of alkyl halides is 3. The molecule has 1 saturated carbocycles. The Balaban J connectivity index is 1.01. The molecule has 2 unspecified atom stereocenters. The summed E-state index contributed by atoms with van der Waals surface area (Å²) in [5.41, 5.74) is 0.660. The van der Waals surface area contributed by atoms with Crippen LogP contribution in [0.1, 0.15) is 55.2 Å². The third kappa shape index (κ3) is 7.08. The average molecular weight is 717 g/mol. The summed E-state index contributed by atoms with van der Waals surface area (Å²) >= 11 is 6.01. The molecule has 5 amide bonds. The lowest BCUT2D eigenvalue weighted by molar-refractivity contribution is -0.138. The number of amides is 5. The van der Waals surface area contributed by atoms with Crippen LogP contribution in [0, 0.1) is 11.8 Å². The van der Waals surface area contributed by atoms with Gasteiger partial charge >= 0.3 is 18.2 Å². The highest BCUT2D eigenvalue weighted by Crippen LogP contribution is 2.48. The fourth-order valence-corrected chi connectivity index (χ4v) is 9.06. The van der Waals surface area contributed by atoms with E-state index in [0.717, 1.165) is 30.2 Å². The van der Waals surface area contributed by atoms with Crippen LogP contribution in [0.15, 0.2) is 36.4 Å². The topological polar surface area (TPSA) is 108 Å². The minimum absolute atomic E-state index is 0.0711. The zero-order chi connectivity index (χ0) is 35.3. The van der Waals surface area contributed by atoms with Crippen molar-refractivity contribution in [1.82, 2.24) is 24.9 Å². The normalized spacial score (nSPS) is 26.5. The number of carbonyl (C=O) groups excluding carboxylic acids is 3. The van der Waals surface area contributed by atoms with Crippen molar-refractivity contribution in [1.29, 1.82) is 0 Å². The molecule has 3 N–H and O–H groups in total. The number of carbonyl (C=O) groups is 3. The molecule has 0 aromatic heterocycles. The van der Waals surface area contributed by atoms with Gasteiger partial charge in [-0.2, -0.15) is 13.2 Å². The second-order valence-corrected chi connectivity index (χ2v) is 15.0. The van der Waals surface area contributed by atoms with E-state index >= 15 is 0 Å². The highest BCUT2D eigenvalue weighted by Gasteiger charge is 2.53. The van der Waals surface area contributed by atoms with E-state index in [9.17, 15) is 32.7 Å². The molecule has 0 radical (unpaired) electrons. The molecule has 270 valence electrons. The van der Waals surface area contributed by atoms with Crippen LogP contribution in [-0.4, -0.2) is 107 Å². The molecule has 7 rings (SSSR count). The summed E-state index contributed by atoms with van der Waals surface area (Å²) in [7, 11) is 2.16. The minimum atomic E-state index is -4.86. The van der Waals surface area contributed by atoms with Gasteiger partial charge in [-0.05, 0) is 93.2 Å². The number of likely N-dealkylation sites (tertiary alicyclic amines) is 3. The van der Waals surface area contributed by atoms with Gasteiger partial charge in [0, 0.05) is 63.0 Å². The lowest BCUT2D eigenvalue weighted by Gasteiger charge is -2.39. The molecule has 4 aliphatic heterocycles. The van der Waals surface area contributed by atoms with Crippen molar-refractivity contribution in [3.8, 4) is 5.75 Å². The quantitative estimate of drug-likeness (QED) is 0.339. The van der Waals surface area contributed by atoms with E-state index in [-0.39, 0.29) is 30.0 Å². The van der Waals surface area contributed by atoms with Gasteiger partial charge in [-0.25, -0.2) is 9.59 Å². The van der Waals surface area contributed by atoms with Crippen molar-refractivity contribution in [2.45, 2.75) is 81.7 Å². The summed E-state index contributed by atoms with van der Waals surface area (Å²) < 4.78 is 41.2. The lowest BCUT2D eigenvalue weighted by atomic mass is 9.82. The van der Waals surface area contributed by atoms with E-state index in [2.05, 4.69) is 22.6 Å². The first-order valence-electron chi connectivity index (χ1n) is 17.7. The van der Waals surface area contributed by atoms with Crippen LogP contribution >= 0.6 is 11.6 Å². The predicted octanol–water partition coefficient (Wildman–Crippen LogP) is 5.57. The Hall–Kier alpha value is -3.71. The molecule has 3 saturated heterocycles. The van der Waals surface area contributed by atoms with Crippen LogP contribution in [-0.2, 0) is 23.8 Å². The Labute approximate surface area is 294 Å². The first kappa shape index (κ1) is 34.7. The number of halogens is 4. The standard InChI is InChI=1S/C36H44ClF3N6O4/c1-43-30-19-24(20-31(30)43)22-6-11-44(12-7-22)33(48)29(18-21-16-26(36(38,39)40)32(47)27(37)17-21)42-34(49)45-13-9-25(10-14-45)46-15-8-23-4-2-3-5-28(23)41-35(46)50/h2-5,16-17,22,24-25,29-31,47H,6-15,18-20H2,1H3,(H,41,50)(H,42,49)/t24?,29-,30?,31?,43?/m1/s1. The minimum Gasteiger partial charge on any atom is -0.506 e. The SMILES string of the molecule is CN1C2CC(C3CCN(C(=O)[C@@H](Cc4cc(Cl)c(O)c(C(F)(F)F)c4)NC(=O)N4CCC(N5CCc6ccccc6NC5=O)CC4)CC3)CC21. The molecule has 4 fully saturated rings. The van der Waals surface area contributed by atoms with E-state index < -0.39 is 34.6 Å². The zero-order valence-electron chi connectivity index (χ0n) is 28.1. The van der Waals surface area contributed by atoms with Gasteiger partial charge in [0.05, 0.1) is 10.6 Å². The Morgan fingerprint density at radius 1 is 0.980 bits per heavy atom. The van der Waals surface area contributed by atoms with Gasteiger partial charge in [0.1, 0.15) is 11.8 Å². The molecule has 0 spiro atoms. The number of nitrogens with zero attached hydrogens (tertiary/aromatic N) is 4. The van der Waals surface area contributed by atoms with Gasteiger partial charge in [0.2, 0.25) is 5.91 Å².